The third-order valence-corrected chi connectivity index (χ3v) is 4.83. The fraction of sp³-hybridized carbons (Fsp3) is 0.632. The van der Waals surface area contributed by atoms with Gasteiger partial charge in [-0.1, -0.05) is 31.7 Å². The Hall–Kier alpha value is -1.55. The van der Waals surface area contributed by atoms with E-state index in [1.54, 1.807) is 0 Å². The zero-order chi connectivity index (χ0) is 15.9. The Bertz CT molecular complexity index is 505. The van der Waals surface area contributed by atoms with Gasteiger partial charge in [0.05, 0.1) is 6.10 Å². The summed E-state index contributed by atoms with van der Waals surface area (Å²) in [5.41, 5.74) is 0.811. The standard InChI is InChI=1S/C19H27NO3/c21-19(11-10-15-5-1-2-6-15)20-16-7-3-8-17(13-16)23-14-18-9-4-12-22-18/h3,7-8,13,15,18H,1-2,4-6,9-12,14H2,(H,20,21)/t18-/m0/s1. The molecule has 2 aliphatic rings. The van der Waals surface area contributed by atoms with Crippen molar-refractivity contribution in [2.45, 2.75) is 57.5 Å². The first-order chi connectivity index (χ1) is 11.3. The topological polar surface area (TPSA) is 47.6 Å². The van der Waals surface area contributed by atoms with Gasteiger partial charge in [0.2, 0.25) is 5.91 Å². The van der Waals surface area contributed by atoms with Gasteiger partial charge in [0.1, 0.15) is 12.4 Å². The number of nitrogens with one attached hydrogen (secondary N) is 1. The molecular formula is C19H27NO3. The summed E-state index contributed by atoms with van der Waals surface area (Å²) < 4.78 is 11.3. The fourth-order valence-corrected chi connectivity index (χ4v) is 3.49. The first kappa shape index (κ1) is 16.3. The van der Waals surface area contributed by atoms with Crippen LogP contribution in [-0.2, 0) is 9.53 Å². The molecule has 3 rings (SSSR count). The Morgan fingerprint density at radius 3 is 2.87 bits per heavy atom. The molecule has 4 heteroatoms. The maximum absolute atomic E-state index is 12.1. The number of rotatable bonds is 7. The SMILES string of the molecule is O=C(CCC1CCCC1)Nc1cccc(OC[C@@H]2CCCO2)c1. The van der Waals surface area contributed by atoms with Crippen molar-refractivity contribution < 1.29 is 14.3 Å². The van der Waals surface area contributed by atoms with E-state index in [9.17, 15) is 4.79 Å². The normalized spacial score (nSPS) is 21.5. The summed E-state index contributed by atoms with van der Waals surface area (Å²) in [6.07, 6.45) is 9.27. The minimum Gasteiger partial charge on any atom is -0.491 e. The van der Waals surface area contributed by atoms with E-state index >= 15 is 0 Å². The van der Waals surface area contributed by atoms with E-state index in [2.05, 4.69) is 5.32 Å². The summed E-state index contributed by atoms with van der Waals surface area (Å²) in [6.45, 7) is 1.42. The lowest BCUT2D eigenvalue weighted by Crippen LogP contribution is -2.16. The van der Waals surface area contributed by atoms with Gasteiger partial charge in [-0.25, -0.2) is 0 Å². The second kappa shape index (κ2) is 8.34. The van der Waals surface area contributed by atoms with E-state index in [4.69, 9.17) is 9.47 Å². The predicted octanol–water partition coefficient (Wildman–Crippen LogP) is 4.15. The molecule has 23 heavy (non-hydrogen) atoms. The summed E-state index contributed by atoms with van der Waals surface area (Å²) in [5.74, 6) is 1.64. The first-order valence-corrected chi connectivity index (χ1v) is 8.94. The van der Waals surface area contributed by atoms with Gasteiger partial charge in [-0.05, 0) is 37.3 Å². The molecule has 1 heterocycles. The van der Waals surface area contributed by atoms with E-state index < -0.39 is 0 Å². The van der Waals surface area contributed by atoms with Crippen molar-refractivity contribution >= 4 is 11.6 Å². The lowest BCUT2D eigenvalue weighted by Gasteiger charge is -2.13. The average Bonchev–Trinajstić information content (AvgIpc) is 3.25. The molecule has 1 aromatic rings. The van der Waals surface area contributed by atoms with Crippen molar-refractivity contribution in [2.75, 3.05) is 18.5 Å². The van der Waals surface area contributed by atoms with Crippen LogP contribution in [0.15, 0.2) is 24.3 Å². The van der Waals surface area contributed by atoms with Crippen molar-refractivity contribution in [1.82, 2.24) is 0 Å². The quantitative estimate of drug-likeness (QED) is 0.821. The minimum absolute atomic E-state index is 0.105. The van der Waals surface area contributed by atoms with Gasteiger partial charge in [0.25, 0.3) is 0 Å². The summed E-state index contributed by atoms with van der Waals surface area (Å²) in [6, 6.07) is 7.63. The summed E-state index contributed by atoms with van der Waals surface area (Å²) in [4.78, 5) is 12.1. The van der Waals surface area contributed by atoms with Crippen molar-refractivity contribution in [3.8, 4) is 5.75 Å². The van der Waals surface area contributed by atoms with Crippen molar-refractivity contribution in [3.63, 3.8) is 0 Å². The molecular weight excluding hydrogens is 290 g/mol. The zero-order valence-corrected chi connectivity index (χ0v) is 13.8. The molecule has 1 atom stereocenters. The summed E-state index contributed by atoms with van der Waals surface area (Å²) in [5, 5.41) is 2.98. The number of ether oxygens (including phenoxy) is 2. The highest BCUT2D eigenvalue weighted by atomic mass is 16.5. The number of carbonyl (C=O) groups excluding carboxylic acids is 1. The highest BCUT2D eigenvalue weighted by Crippen LogP contribution is 2.28. The van der Waals surface area contributed by atoms with Crippen LogP contribution >= 0.6 is 0 Å². The number of benzene rings is 1. The number of carbonyl (C=O) groups is 1. The molecule has 0 bridgehead atoms. The third-order valence-electron chi connectivity index (χ3n) is 4.83. The summed E-state index contributed by atoms with van der Waals surface area (Å²) >= 11 is 0. The van der Waals surface area contributed by atoms with Gasteiger partial charge in [0, 0.05) is 24.8 Å². The second-order valence-corrected chi connectivity index (χ2v) is 6.71. The molecule has 1 aromatic carbocycles. The van der Waals surface area contributed by atoms with Crippen molar-refractivity contribution in [1.29, 1.82) is 0 Å². The Kier molecular flexibility index (Phi) is 5.92. The maximum Gasteiger partial charge on any atom is 0.224 e. The van der Waals surface area contributed by atoms with Crippen LogP contribution in [-0.4, -0.2) is 25.2 Å². The lowest BCUT2D eigenvalue weighted by atomic mass is 10.0. The molecule has 1 N–H and O–H groups in total. The highest BCUT2D eigenvalue weighted by Gasteiger charge is 2.17. The van der Waals surface area contributed by atoms with Crippen LogP contribution in [0.5, 0.6) is 5.75 Å². The first-order valence-electron chi connectivity index (χ1n) is 8.94. The van der Waals surface area contributed by atoms with Gasteiger partial charge >= 0.3 is 0 Å². The highest BCUT2D eigenvalue weighted by molar-refractivity contribution is 5.90. The van der Waals surface area contributed by atoms with Crippen LogP contribution in [0.1, 0.15) is 51.4 Å². The van der Waals surface area contributed by atoms with Gasteiger partial charge in [-0.2, -0.15) is 0 Å². The maximum atomic E-state index is 12.1. The van der Waals surface area contributed by atoms with Crippen LogP contribution in [0.3, 0.4) is 0 Å². The smallest absolute Gasteiger partial charge is 0.224 e. The van der Waals surface area contributed by atoms with Gasteiger partial charge in [0.15, 0.2) is 0 Å². The Labute approximate surface area is 138 Å². The summed E-state index contributed by atoms with van der Waals surface area (Å²) in [7, 11) is 0. The second-order valence-electron chi connectivity index (χ2n) is 6.71. The van der Waals surface area contributed by atoms with Gasteiger partial charge in [-0.3, -0.25) is 4.79 Å². The Morgan fingerprint density at radius 1 is 1.22 bits per heavy atom. The monoisotopic (exact) mass is 317 g/mol. The van der Waals surface area contributed by atoms with E-state index in [1.165, 1.54) is 25.7 Å². The molecule has 0 aromatic heterocycles. The van der Waals surface area contributed by atoms with E-state index in [-0.39, 0.29) is 12.0 Å². The number of anilines is 1. The molecule has 0 spiro atoms. The molecule has 1 aliphatic heterocycles. The van der Waals surface area contributed by atoms with Gasteiger partial charge < -0.3 is 14.8 Å². The minimum atomic E-state index is 0.105. The molecule has 2 fully saturated rings. The predicted molar refractivity (Wildman–Crippen MR) is 90.7 cm³/mol. The molecule has 1 aliphatic carbocycles. The van der Waals surface area contributed by atoms with Crippen LogP contribution in [0.2, 0.25) is 0 Å². The van der Waals surface area contributed by atoms with Crippen molar-refractivity contribution in [2.24, 2.45) is 5.92 Å². The van der Waals surface area contributed by atoms with Crippen LogP contribution in [0.25, 0.3) is 0 Å². The van der Waals surface area contributed by atoms with Crippen LogP contribution in [0, 0.1) is 5.92 Å². The number of amides is 1. The fourth-order valence-electron chi connectivity index (χ4n) is 3.49. The Morgan fingerprint density at radius 2 is 2.09 bits per heavy atom. The molecule has 1 amide bonds. The molecule has 0 radical (unpaired) electrons. The van der Waals surface area contributed by atoms with E-state index in [0.717, 1.165) is 43.2 Å². The average molecular weight is 317 g/mol. The van der Waals surface area contributed by atoms with Gasteiger partial charge in [-0.15, -0.1) is 0 Å². The molecule has 1 saturated heterocycles. The lowest BCUT2D eigenvalue weighted by molar-refractivity contribution is -0.116. The number of hydrogen-bond acceptors (Lipinski definition) is 3. The molecule has 1 saturated carbocycles. The van der Waals surface area contributed by atoms with E-state index in [1.807, 2.05) is 24.3 Å². The Balaban J connectivity index is 1.43. The van der Waals surface area contributed by atoms with Crippen molar-refractivity contribution in [3.05, 3.63) is 24.3 Å². The number of hydrogen-bond donors (Lipinski definition) is 1. The largest absolute Gasteiger partial charge is 0.491 e. The van der Waals surface area contributed by atoms with E-state index in [0.29, 0.717) is 13.0 Å². The molecule has 126 valence electrons. The molecule has 0 unspecified atom stereocenters. The zero-order valence-electron chi connectivity index (χ0n) is 13.8. The van der Waals surface area contributed by atoms with Crippen LogP contribution in [0.4, 0.5) is 5.69 Å². The molecule has 4 nitrogen and oxygen atoms in total. The van der Waals surface area contributed by atoms with Crippen LogP contribution < -0.4 is 10.1 Å². The third kappa shape index (κ3) is 5.24.